The first-order chi connectivity index (χ1) is 25.2. The lowest BCUT2D eigenvalue weighted by atomic mass is 10.0. The van der Waals surface area contributed by atoms with E-state index in [1.165, 1.54) is 212 Å². The lowest BCUT2D eigenvalue weighted by Crippen LogP contribution is -2.29. The molecule has 0 spiro atoms. The van der Waals surface area contributed by atoms with E-state index in [4.69, 9.17) is 14.2 Å². The lowest BCUT2D eigenvalue weighted by Gasteiger charge is -2.18. The fraction of sp³-hybridized carbons (Fsp3) is 0.979. The van der Waals surface area contributed by atoms with Gasteiger partial charge >= 0.3 is 5.97 Å². The van der Waals surface area contributed by atoms with Crippen LogP contribution in [-0.2, 0) is 19.0 Å². The topological polar surface area (TPSA) is 44.8 Å². The number of unbranched alkanes of at least 4 members (excludes halogenated alkanes) is 34. The van der Waals surface area contributed by atoms with Gasteiger partial charge in [-0.25, -0.2) is 0 Å². The second-order valence-corrected chi connectivity index (χ2v) is 16.0. The molecule has 306 valence electrons. The van der Waals surface area contributed by atoms with Crippen molar-refractivity contribution in [3.05, 3.63) is 0 Å². The highest BCUT2D eigenvalue weighted by molar-refractivity contribution is 5.69. The molecule has 4 heteroatoms. The Morgan fingerprint density at radius 2 is 0.569 bits per heavy atom. The molecular weight excluding hydrogens is 630 g/mol. The van der Waals surface area contributed by atoms with Crippen LogP contribution in [-0.4, -0.2) is 38.5 Å². The molecule has 0 unspecified atom stereocenters. The molecule has 0 fully saturated rings. The van der Waals surface area contributed by atoms with Gasteiger partial charge in [-0.05, 0) is 19.3 Å². The average molecular weight is 724 g/mol. The number of rotatable bonds is 45. The van der Waals surface area contributed by atoms with E-state index >= 15 is 0 Å². The van der Waals surface area contributed by atoms with E-state index in [-0.39, 0.29) is 12.1 Å². The smallest absolute Gasteiger partial charge is 0.306 e. The van der Waals surface area contributed by atoms with Gasteiger partial charge < -0.3 is 14.2 Å². The van der Waals surface area contributed by atoms with Crippen molar-refractivity contribution in [1.29, 1.82) is 0 Å². The summed E-state index contributed by atoms with van der Waals surface area (Å²) in [7, 11) is 0. The normalized spacial score (nSPS) is 11.6. The third kappa shape index (κ3) is 43.7. The van der Waals surface area contributed by atoms with Crippen LogP contribution in [0, 0.1) is 0 Å². The Labute approximate surface area is 321 Å². The molecule has 0 aromatic carbocycles. The molecule has 51 heavy (non-hydrogen) atoms. The van der Waals surface area contributed by atoms with Crippen LogP contribution in [0.4, 0.5) is 0 Å². The zero-order chi connectivity index (χ0) is 37.0. The van der Waals surface area contributed by atoms with Gasteiger partial charge in [0.2, 0.25) is 0 Å². The summed E-state index contributed by atoms with van der Waals surface area (Å²) in [5.41, 5.74) is 0. The summed E-state index contributed by atoms with van der Waals surface area (Å²) in [5.74, 6) is -0.0893. The van der Waals surface area contributed by atoms with E-state index in [2.05, 4.69) is 20.8 Å². The Balaban J connectivity index is 3.85. The Kier molecular flexibility index (Phi) is 45.0. The molecule has 0 aliphatic heterocycles. The van der Waals surface area contributed by atoms with Crippen LogP contribution in [0.3, 0.4) is 0 Å². The minimum atomic E-state index is -0.282. The second-order valence-electron chi connectivity index (χ2n) is 16.0. The van der Waals surface area contributed by atoms with E-state index in [0.717, 1.165) is 38.9 Å². The molecule has 0 bridgehead atoms. The van der Waals surface area contributed by atoms with Crippen LogP contribution < -0.4 is 0 Å². The van der Waals surface area contributed by atoms with Gasteiger partial charge in [0.1, 0.15) is 6.10 Å². The quantitative estimate of drug-likeness (QED) is 0.0356. The number of carbonyl (C=O) groups is 1. The first-order valence-electron chi connectivity index (χ1n) is 23.6. The molecule has 0 aromatic heterocycles. The largest absolute Gasteiger partial charge is 0.457 e. The summed E-state index contributed by atoms with van der Waals surface area (Å²) in [6, 6.07) is 0. The molecule has 0 atom stereocenters. The number of hydrogen-bond donors (Lipinski definition) is 0. The molecule has 0 amide bonds. The van der Waals surface area contributed by atoms with Crippen molar-refractivity contribution in [2.24, 2.45) is 0 Å². The Bertz CT molecular complexity index is 598. The molecule has 0 radical (unpaired) electrons. The van der Waals surface area contributed by atoms with Crippen LogP contribution in [0.15, 0.2) is 0 Å². The summed E-state index contributed by atoms with van der Waals surface area (Å²) in [5, 5.41) is 0. The van der Waals surface area contributed by atoms with Crippen molar-refractivity contribution in [1.82, 2.24) is 0 Å². The third-order valence-electron chi connectivity index (χ3n) is 10.7. The molecule has 4 nitrogen and oxygen atoms in total. The summed E-state index contributed by atoms with van der Waals surface area (Å²) in [4.78, 5) is 12.5. The molecule has 0 rings (SSSR count). The maximum atomic E-state index is 12.5. The first-order valence-corrected chi connectivity index (χ1v) is 23.6. The Morgan fingerprint density at radius 3 is 0.843 bits per heavy atom. The van der Waals surface area contributed by atoms with Gasteiger partial charge in [0, 0.05) is 19.6 Å². The monoisotopic (exact) mass is 724 g/mol. The maximum Gasteiger partial charge on any atom is 0.306 e. The van der Waals surface area contributed by atoms with Crippen molar-refractivity contribution >= 4 is 5.97 Å². The van der Waals surface area contributed by atoms with Gasteiger partial charge in [0.05, 0.1) is 13.2 Å². The molecule has 0 heterocycles. The number of ether oxygens (including phenoxy) is 3. The average Bonchev–Trinajstić information content (AvgIpc) is 3.13. The maximum absolute atomic E-state index is 12.5. The van der Waals surface area contributed by atoms with Crippen LogP contribution in [0.5, 0.6) is 0 Å². The van der Waals surface area contributed by atoms with Gasteiger partial charge in [-0.2, -0.15) is 0 Å². The van der Waals surface area contributed by atoms with Crippen molar-refractivity contribution < 1.29 is 19.0 Å². The zero-order valence-electron chi connectivity index (χ0n) is 35.4. The zero-order valence-corrected chi connectivity index (χ0v) is 35.4. The van der Waals surface area contributed by atoms with Crippen LogP contribution in [0.25, 0.3) is 0 Å². The minimum Gasteiger partial charge on any atom is -0.457 e. The third-order valence-corrected chi connectivity index (χ3v) is 10.7. The molecule has 0 aliphatic carbocycles. The molecular formula is C47H94O4. The molecule has 0 aromatic rings. The summed E-state index contributed by atoms with van der Waals surface area (Å²) in [6.07, 6.45) is 50.0. The van der Waals surface area contributed by atoms with E-state index in [0.29, 0.717) is 19.6 Å². The second kappa shape index (κ2) is 45.5. The van der Waals surface area contributed by atoms with Crippen molar-refractivity contribution in [2.45, 2.75) is 271 Å². The fourth-order valence-electron chi connectivity index (χ4n) is 7.17. The van der Waals surface area contributed by atoms with Crippen molar-refractivity contribution in [3.8, 4) is 0 Å². The Morgan fingerprint density at radius 1 is 0.333 bits per heavy atom. The van der Waals surface area contributed by atoms with Gasteiger partial charge in [-0.1, -0.05) is 239 Å². The highest BCUT2D eigenvalue weighted by atomic mass is 16.6. The Hall–Kier alpha value is -0.610. The van der Waals surface area contributed by atoms with E-state index in [1.807, 2.05) is 0 Å². The summed E-state index contributed by atoms with van der Waals surface area (Å²) in [6.45, 7) is 9.23. The predicted molar refractivity (Wildman–Crippen MR) is 224 cm³/mol. The molecule has 0 saturated heterocycles. The summed E-state index contributed by atoms with van der Waals surface area (Å²) >= 11 is 0. The molecule has 0 N–H and O–H groups in total. The number of esters is 1. The van der Waals surface area contributed by atoms with Crippen LogP contribution in [0.1, 0.15) is 265 Å². The summed E-state index contributed by atoms with van der Waals surface area (Å²) < 4.78 is 17.8. The van der Waals surface area contributed by atoms with E-state index in [1.54, 1.807) is 0 Å². The number of carbonyl (C=O) groups excluding carboxylic acids is 1. The van der Waals surface area contributed by atoms with Gasteiger partial charge in [0.25, 0.3) is 0 Å². The standard InChI is InChI=1S/C47H94O4/c1-4-7-10-13-15-17-19-21-23-25-27-29-31-33-36-39-42-49-44-46(51-47(48)41-38-35-12-9-6-3)45-50-43-40-37-34-32-30-28-26-24-22-20-18-16-14-11-8-5-2/h46H,4-45H2,1-3H3/i47+1. The molecule has 0 saturated carbocycles. The number of hydrogen-bond acceptors (Lipinski definition) is 4. The SMILES string of the molecule is CCCCCCCCCCCCCCCCCCOCC(COCCCCCCCCCCCCCCCCCC)O[13C](=O)CCCCCCC. The van der Waals surface area contributed by atoms with E-state index < -0.39 is 0 Å². The first kappa shape index (κ1) is 50.4. The lowest BCUT2D eigenvalue weighted by molar-refractivity contribution is -0.156. The fourth-order valence-corrected chi connectivity index (χ4v) is 7.17. The highest BCUT2D eigenvalue weighted by Gasteiger charge is 2.15. The van der Waals surface area contributed by atoms with Crippen LogP contribution >= 0.6 is 0 Å². The van der Waals surface area contributed by atoms with Gasteiger partial charge in [0.15, 0.2) is 0 Å². The van der Waals surface area contributed by atoms with Crippen molar-refractivity contribution in [2.75, 3.05) is 26.4 Å². The highest BCUT2D eigenvalue weighted by Crippen LogP contribution is 2.16. The van der Waals surface area contributed by atoms with Crippen molar-refractivity contribution in [3.63, 3.8) is 0 Å². The van der Waals surface area contributed by atoms with Gasteiger partial charge in [-0.15, -0.1) is 0 Å². The minimum absolute atomic E-state index is 0.0893. The molecule has 0 aliphatic rings. The van der Waals surface area contributed by atoms with E-state index in [9.17, 15) is 4.79 Å². The van der Waals surface area contributed by atoms with Crippen LogP contribution in [0.2, 0.25) is 0 Å². The van der Waals surface area contributed by atoms with Gasteiger partial charge in [-0.3, -0.25) is 4.79 Å². The predicted octanol–water partition coefficient (Wildman–Crippen LogP) is 15.8.